The average Bonchev–Trinajstić information content (AvgIpc) is 2.36. The Kier molecular flexibility index (Phi) is 6.33. The number of nitrogens with one attached hydrogen (secondary N) is 1. The molecule has 20 heavy (non-hydrogen) atoms. The number of anilines is 1. The molecular formula is C15H23F3N2. The van der Waals surface area contributed by atoms with Gasteiger partial charge in [-0.05, 0) is 38.4 Å². The van der Waals surface area contributed by atoms with Crippen LogP contribution in [0.1, 0.15) is 31.4 Å². The Bertz CT molecular complexity index is 416. The minimum absolute atomic E-state index is 0.337. The lowest BCUT2D eigenvalue weighted by molar-refractivity contribution is -0.119. The first-order valence-corrected chi connectivity index (χ1v) is 6.99. The Morgan fingerprint density at radius 3 is 2.45 bits per heavy atom. The molecule has 1 aromatic rings. The zero-order chi connectivity index (χ0) is 15.2. The normalized spacial score (nSPS) is 11.7. The van der Waals surface area contributed by atoms with E-state index in [4.69, 9.17) is 0 Å². The second-order valence-corrected chi connectivity index (χ2v) is 4.94. The summed E-state index contributed by atoms with van der Waals surface area (Å²) in [6.45, 7) is 6.64. The summed E-state index contributed by atoms with van der Waals surface area (Å²) in [7, 11) is 0. The second-order valence-electron chi connectivity index (χ2n) is 4.94. The van der Waals surface area contributed by atoms with Gasteiger partial charge < -0.3 is 10.2 Å². The molecule has 5 heteroatoms. The van der Waals surface area contributed by atoms with Crippen LogP contribution >= 0.6 is 0 Å². The number of benzene rings is 1. The number of nitrogens with zero attached hydrogens (tertiary/aromatic N) is 1. The van der Waals surface area contributed by atoms with E-state index in [-0.39, 0.29) is 0 Å². The molecule has 0 unspecified atom stereocenters. The molecule has 0 radical (unpaired) electrons. The Morgan fingerprint density at radius 1 is 1.20 bits per heavy atom. The van der Waals surface area contributed by atoms with Crippen molar-refractivity contribution in [1.29, 1.82) is 0 Å². The monoisotopic (exact) mass is 288 g/mol. The van der Waals surface area contributed by atoms with Crippen LogP contribution in [-0.2, 0) is 6.54 Å². The van der Waals surface area contributed by atoms with E-state index < -0.39 is 12.7 Å². The summed E-state index contributed by atoms with van der Waals surface area (Å²) in [4.78, 5) is 1.38. The third-order valence-corrected chi connectivity index (χ3v) is 3.07. The molecule has 0 spiro atoms. The van der Waals surface area contributed by atoms with Crippen molar-refractivity contribution in [3.63, 3.8) is 0 Å². The second kappa shape index (κ2) is 7.53. The zero-order valence-electron chi connectivity index (χ0n) is 12.3. The predicted octanol–water partition coefficient (Wildman–Crippen LogP) is 3.88. The number of rotatable bonds is 7. The van der Waals surface area contributed by atoms with E-state index in [2.05, 4.69) is 12.2 Å². The maximum atomic E-state index is 12.6. The van der Waals surface area contributed by atoms with Crippen LogP contribution in [0.3, 0.4) is 0 Å². The smallest absolute Gasteiger partial charge is 0.363 e. The minimum Gasteiger partial charge on any atom is -0.363 e. The molecule has 1 rings (SSSR count). The van der Waals surface area contributed by atoms with E-state index in [1.54, 1.807) is 13.0 Å². The van der Waals surface area contributed by atoms with Crippen molar-refractivity contribution < 1.29 is 13.2 Å². The standard InChI is InChI=1S/C15H23F3N2/c1-4-8-19-10-13-9-12(3)6-7-14(13)20(5-2)11-15(16,17)18/h6-7,9,19H,4-5,8,10-11H2,1-3H3. The van der Waals surface area contributed by atoms with Gasteiger partial charge in [0.15, 0.2) is 0 Å². The molecule has 0 saturated heterocycles. The summed E-state index contributed by atoms with van der Waals surface area (Å²) >= 11 is 0. The van der Waals surface area contributed by atoms with Crippen molar-refractivity contribution in [3.8, 4) is 0 Å². The third-order valence-electron chi connectivity index (χ3n) is 3.07. The maximum Gasteiger partial charge on any atom is 0.405 e. The third kappa shape index (κ3) is 5.41. The fourth-order valence-electron chi connectivity index (χ4n) is 2.15. The molecule has 0 fully saturated rings. The molecule has 1 N–H and O–H groups in total. The molecule has 114 valence electrons. The van der Waals surface area contributed by atoms with Crippen LogP contribution in [0.25, 0.3) is 0 Å². The highest BCUT2D eigenvalue weighted by Crippen LogP contribution is 2.26. The molecule has 0 aliphatic rings. The van der Waals surface area contributed by atoms with Crippen molar-refractivity contribution in [2.45, 2.75) is 39.9 Å². The summed E-state index contributed by atoms with van der Waals surface area (Å²) in [6, 6.07) is 5.60. The van der Waals surface area contributed by atoms with Crippen molar-refractivity contribution in [1.82, 2.24) is 5.32 Å². The van der Waals surface area contributed by atoms with Crippen molar-refractivity contribution in [3.05, 3.63) is 29.3 Å². The van der Waals surface area contributed by atoms with Crippen molar-refractivity contribution >= 4 is 5.69 Å². The Labute approximate surface area is 119 Å². The summed E-state index contributed by atoms with van der Waals surface area (Å²) in [6.07, 6.45) is -3.18. The first-order chi connectivity index (χ1) is 9.37. The summed E-state index contributed by atoms with van der Waals surface area (Å²) in [5.41, 5.74) is 2.65. The van der Waals surface area contributed by atoms with E-state index in [1.807, 2.05) is 19.1 Å². The van der Waals surface area contributed by atoms with Crippen LogP contribution in [0.2, 0.25) is 0 Å². The molecular weight excluding hydrogens is 265 g/mol. The Hall–Kier alpha value is -1.23. The minimum atomic E-state index is -4.19. The van der Waals surface area contributed by atoms with Gasteiger partial charge in [-0.1, -0.05) is 24.6 Å². The lowest BCUT2D eigenvalue weighted by atomic mass is 10.1. The highest BCUT2D eigenvalue weighted by Gasteiger charge is 2.30. The van der Waals surface area contributed by atoms with Gasteiger partial charge in [0.1, 0.15) is 6.54 Å². The Morgan fingerprint density at radius 2 is 1.90 bits per heavy atom. The summed E-state index contributed by atoms with van der Waals surface area (Å²) < 4.78 is 37.9. The Balaban J connectivity index is 2.95. The van der Waals surface area contributed by atoms with Gasteiger partial charge in [-0.2, -0.15) is 13.2 Å². The van der Waals surface area contributed by atoms with E-state index in [1.165, 1.54) is 4.90 Å². The highest BCUT2D eigenvalue weighted by atomic mass is 19.4. The highest BCUT2D eigenvalue weighted by molar-refractivity contribution is 5.55. The van der Waals surface area contributed by atoms with Gasteiger partial charge >= 0.3 is 6.18 Å². The number of halogens is 3. The largest absolute Gasteiger partial charge is 0.405 e. The molecule has 2 nitrogen and oxygen atoms in total. The fraction of sp³-hybridized carbons (Fsp3) is 0.600. The molecule has 0 atom stereocenters. The number of aryl methyl sites for hydroxylation is 1. The fourth-order valence-corrected chi connectivity index (χ4v) is 2.15. The molecule has 1 aromatic carbocycles. The van der Waals surface area contributed by atoms with E-state index in [0.717, 1.165) is 24.1 Å². The molecule has 0 aliphatic carbocycles. The van der Waals surface area contributed by atoms with Gasteiger partial charge in [0, 0.05) is 18.8 Å². The van der Waals surface area contributed by atoms with Gasteiger partial charge in [0.2, 0.25) is 0 Å². The van der Waals surface area contributed by atoms with E-state index in [9.17, 15) is 13.2 Å². The van der Waals surface area contributed by atoms with Gasteiger partial charge in [-0.15, -0.1) is 0 Å². The number of alkyl halides is 3. The lowest BCUT2D eigenvalue weighted by Gasteiger charge is -2.27. The quantitative estimate of drug-likeness (QED) is 0.766. The predicted molar refractivity (Wildman–Crippen MR) is 77.1 cm³/mol. The van der Waals surface area contributed by atoms with Crippen LogP contribution in [0.4, 0.5) is 18.9 Å². The van der Waals surface area contributed by atoms with Gasteiger partial charge in [0.05, 0.1) is 0 Å². The van der Waals surface area contributed by atoms with Crippen LogP contribution in [-0.4, -0.2) is 25.8 Å². The van der Waals surface area contributed by atoms with Gasteiger partial charge in [-0.25, -0.2) is 0 Å². The zero-order valence-corrected chi connectivity index (χ0v) is 12.3. The topological polar surface area (TPSA) is 15.3 Å². The van der Waals surface area contributed by atoms with Crippen molar-refractivity contribution in [2.75, 3.05) is 24.5 Å². The van der Waals surface area contributed by atoms with Crippen LogP contribution in [0.15, 0.2) is 18.2 Å². The molecule has 0 aliphatic heterocycles. The van der Waals surface area contributed by atoms with Crippen LogP contribution < -0.4 is 10.2 Å². The van der Waals surface area contributed by atoms with Crippen molar-refractivity contribution in [2.24, 2.45) is 0 Å². The van der Waals surface area contributed by atoms with Gasteiger partial charge in [0.25, 0.3) is 0 Å². The summed E-state index contributed by atoms with van der Waals surface area (Å²) in [5, 5.41) is 3.25. The first kappa shape index (κ1) is 16.8. The molecule has 0 heterocycles. The van der Waals surface area contributed by atoms with E-state index >= 15 is 0 Å². The number of hydrogen-bond donors (Lipinski definition) is 1. The maximum absolute atomic E-state index is 12.6. The van der Waals surface area contributed by atoms with Crippen LogP contribution in [0.5, 0.6) is 0 Å². The molecule has 0 saturated carbocycles. The first-order valence-electron chi connectivity index (χ1n) is 6.99. The number of hydrogen-bond acceptors (Lipinski definition) is 2. The lowest BCUT2D eigenvalue weighted by Crippen LogP contribution is -2.35. The summed E-state index contributed by atoms with van der Waals surface area (Å²) in [5.74, 6) is 0. The SMILES string of the molecule is CCCNCc1cc(C)ccc1N(CC)CC(F)(F)F. The molecule has 0 amide bonds. The molecule has 0 aromatic heterocycles. The molecule has 0 bridgehead atoms. The van der Waals surface area contributed by atoms with Gasteiger partial charge in [-0.3, -0.25) is 0 Å². The van der Waals surface area contributed by atoms with Crippen LogP contribution in [0, 0.1) is 6.92 Å². The van der Waals surface area contributed by atoms with E-state index in [0.29, 0.717) is 18.8 Å². The average molecular weight is 288 g/mol.